The summed E-state index contributed by atoms with van der Waals surface area (Å²) in [5, 5.41) is 3.37. The maximum Gasteiger partial charge on any atom is 0.0478 e. The molecule has 0 radical (unpaired) electrons. The maximum atomic E-state index is 5.47. The molecule has 3 nitrogen and oxygen atoms in total. The molecule has 0 fully saturated rings. The second kappa shape index (κ2) is 11.8. The van der Waals surface area contributed by atoms with Crippen molar-refractivity contribution >= 4 is 0 Å². The van der Waals surface area contributed by atoms with Gasteiger partial charge in [0.15, 0.2) is 0 Å². The van der Waals surface area contributed by atoms with Crippen LogP contribution in [0.15, 0.2) is 24.5 Å². The summed E-state index contributed by atoms with van der Waals surface area (Å²) >= 11 is 0. The van der Waals surface area contributed by atoms with Crippen LogP contribution in [0.25, 0.3) is 0 Å². The summed E-state index contributed by atoms with van der Waals surface area (Å²) in [6.45, 7) is 5.84. The molecule has 1 aromatic heterocycles. The molecule has 0 aliphatic rings. The highest BCUT2D eigenvalue weighted by molar-refractivity contribution is 5.07. The molecule has 4 heteroatoms. The van der Waals surface area contributed by atoms with E-state index in [0.29, 0.717) is 0 Å². The summed E-state index contributed by atoms with van der Waals surface area (Å²) in [6.07, 6.45) is 7.14. The van der Waals surface area contributed by atoms with Crippen LogP contribution in [-0.4, -0.2) is 24.7 Å². The van der Waals surface area contributed by atoms with Gasteiger partial charge in [0.25, 0.3) is 0 Å². The Morgan fingerprint density at radius 1 is 1.29 bits per heavy atom. The van der Waals surface area contributed by atoms with Crippen molar-refractivity contribution in [3.8, 4) is 0 Å². The predicted octanol–water partition coefficient (Wildman–Crippen LogP) is -0.618. The highest BCUT2D eigenvalue weighted by Crippen LogP contribution is 1.94. The van der Waals surface area contributed by atoms with Gasteiger partial charge in [0.1, 0.15) is 0 Å². The fourth-order valence-corrected chi connectivity index (χ4v) is 1.38. The third-order valence-electron chi connectivity index (χ3n) is 2.34. The summed E-state index contributed by atoms with van der Waals surface area (Å²) in [7, 11) is 0. The van der Waals surface area contributed by atoms with Crippen LogP contribution in [0.1, 0.15) is 31.7 Å². The quantitative estimate of drug-likeness (QED) is 0.599. The van der Waals surface area contributed by atoms with E-state index in [1.807, 2.05) is 12.3 Å². The van der Waals surface area contributed by atoms with Gasteiger partial charge >= 0.3 is 0 Å². The highest BCUT2D eigenvalue weighted by Gasteiger charge is 1.92. The van der Waals surface area contributed by atoms with Crippen LogP contribution in [0, 0.1) is 0 Å². The molecule has 0 amide bonds. The molecule has 1 rings (SSSR count). The van der Waals surface area contributed by atoms with Gasteiger partial charge < -0.3 is 22.5 Å². The number of unbranched alkanes of at least 4 members (excludes halogenated alkanes) is 1. The van der Waals surface area contributed by atoms with Crippen molar-refractivity contribution < 1.29 is 17.1 Å². The SMILES string of the molecule is CCCCOCCCNCc1cccnc1.[Cl-]. The molecule has 1 N–H and O–H groups in total. The number of ether oxygens (including phenoxy) is 1. The Labute approximate surface area is 110 Å². The maximum absolute atomic E-state index is 5.47. The first-order valence-electron chi connectivity index (χ1n) is 6.11. The molecule has 0 saturated carbocycles. The van der Waals surface area contributed by atoms with Crippen LogP contribution >= 0.6 is 0 Å². The Morgan fingerprint density at radius 3 is 2.82 bits per heavy atom. The van der Waals surface area contributed by atoms with E-state index in [9.17, 15) is 0 Å². The Balaban J connectivity index is 0.00000256. The fraction of sp³-hybridized carbons (Fsp3) is 0.615. The topological polar surface area (TPSA) is 34.1 Å². The molecule has 0 spiro atoms. The lowest BCUT2D eigenvalue weighted by Gasteiger charge is -2.05. The van der Waals surface area contributed by atoms with Gasteiger partial charge in [-0.05, 0) is 31.0 Å². The van der Waals surface area contributed by atoms with E-state index in [4.69, 9.17) is 4.74 Å². The van der Waals surface area contributed by atoms with Crippen LogP contribution in [0.4, 0.5) is 0 Å². The molecule has 98 valence electrons. The molecule has 0 atom stereocenters. The second-order valence-corrected chi connectivity index (χ2v) is 3.86. The van der Waals surface area contributed by atoms with Gasteiger partial charge in [-0.15, -0.1) is 0 Å². The minimum atomic E-state index is 0. The van der Waals surface area contributed by atoms with Gasteiger partial charge in [0, 0.05) is 32.2 Å². The minimum absolute atomic E-state index is 0. The Morgan fingerprint density at radius 2 is 2.12 bits per heavy atom. The zero-order chi connectivity index (χ0) is 11.5. The molecule has 0 bridgehead atoms. The number of halogens is 1. The van der Waals surface area contributed by atoms with Crippen LogP contribution in [-0.2, 0) is 11.3 Å². The zero-order valence-electron chi connectivity index (χ0n) is 10.5. The second-order valence-electron chi connectivity index (χ2n) is 3.86. The molecule has 0 saturated heterocycles. The smallest absolute Gasteiger partial charge is 0.0478 e. The van der Waals surface area contributed by atoms with Crippen molar-refractivity contribution in [2.24, 2.45) is 0 Å². The minimum Gasteiger partial charge on any atom is -1.00 e. The molecule has 0 aromatic carbocycles. The normalized spacial score (nSPS) is 9.94. The van der Waals surface area contributed by atoms with E-state index in [0.717, 1.165) is 32.7 Å². The third-order valence-corrected chi connectivity index (χ3v) is 2.34. The van der Waals surface area contributed by atoms with Crippen molar-refractivity contribution in [2.45, 2.75) is 32.7 Å². The fourth-order valence-electron chi connectivity index (χ4n) is 1.38. The van der Waals surface area contributed by atoms with E-state index in [1.54, 1.807) is 6.20 Å². The van der Waals surface area contributed by atoms with E-state index in [1.165, 1.54) is 18.4 Å². The lowest BCUT2D eigenvalue weighted by molar-refractivity contribution is -0.00000431. The molecule has 0 unspecified atom stereocenters. The van der Waals surface area contributed by atoms with Crippen molar-refractivity contribution in [3.05, 3.63) is 30.1 Å². The zero-order valence-corrected chi connectivity index (χ0v) is 11.2. The monoisotopic (exact) mass is 257 g/mol. The van der Waals surface area contributed by atoms with Crippen LogP contribution in [0.3, 0.4) is 0 Å². The standard InChI is InChI=1S/C13H22N2O.ClH/c1-2-3-9-16-10-5-8-15-12-13-6-4-7-14-11-13;/h4,6-7,11,15H,2-3,5,8-10,12H2,1H3;1H/p-1. The first-order chi connectivity index (χ1) is 7.93. The number of aromatic nitrogens is 1. The molecule has 0 aliphatic heterocycles. The summed E-state index contributed by atoms with van der Waals surface area (Å²) in [4.78, 5) is 4.07. The summed E-state index contributed by atoms with van der Waals surface area (Å²) in [6, 6.07) is 4.04. The van der Waals surface area contributed by atoms with E-state index >= 15 is 0 Å². The van der Waals surface area contributed by atoms with Gasteiger partial charge in [0.05, 0.1) is 0 Å². The number of nitrogens with one attached hydrogen (secondary N) is 1. The van der Waals surface area contributed by atoms with Crippen molar-refractivity contribution in [2.75, 3.05) is 19.8 Å². The van der Waals surface area contributed by atoms with Crippen LogP contribution < -0.4 is 17.7 Å². The van der Waals surface area contributed by atoms with Crippen molar-refractivity contribution in [1.82, 2.24) is 10.3 Å². The van der Waals surface area contributed by atoms with Gasteiger partial charge in [0.2, 0.25) is 0 Å². The highest BCUT2D eigenvalue weighted by atomic mass is 35.5. The predicted molar refractivity (Wildman–Crippen MR) is 66.3 cm³/mol. The van der Waals surface area contributed by atoms with E-state index in [-0.39, 0.29) is 12.4 Å². The average molecular weight is 258 g/mol. The Bertz CT molecular complexity index is 257. The number of pyridine rings is 1. The largest absolute Gasteiger partial charge is 1.00 e. The molecule has 0 aliphatic carbocycles. The lowest BCUT2D eigenvalue weighted by atomic mass is 10.3. The summed E-state index contributed by atoms with van der Waals surface area (Å²) in [5.74, 6) is 0. The van der Waals surface area contributed by atoms with Gasteiger partial charge in [-0.2, -0.15) is 0 Å². The van der Waals surface area contributed by atoms with Gasteiger partial charge in [-0.1, -0.05) is 19.4 Å². The molecule has 1 heterocycles. The third kappa shape index (κ3) is 9.10. The average Bonchev–Trinajstić information content (AvgIpc) is 2.34. The van der Waals surface area contributed by atoms with Crippen LogP contribution in [0.2, 0.25) is 0 Å². The van der Waals surface area contributed by atoms with Gasteiger partial charge in [-0.3, -0.25) is 4.98 Å². The number of hydrogen-bond donors (Lipinski definition) is 1. The summed E-state index contributed by atoms with van der Waals surface area (Å²) < 4.78 is 5.47. The molecular formula is C13H22ClN2O-. The molecule has 1 aromatic rings. The Kier molecular flexibility index (Phi) is 11.4. The number of rotatable bonds is 9. The van der Waals surface area contributed by atoms with Crippen molar-refractivity contribution in [3.63, 3.8) is 0 Å². The number of nitrogens with zero attached hydrogens (tertiary/aromatic N) is 1. The molecular weight excluding hydrogens is 236 g/mol. The van der Waals surface area contributed by atoms with E-state index in [2.05, 4.69) is 23.3 Å². The Hall–Kier alpha value is -0.640. The summed E-state index contributed by atoms with van der Waals surface area (Å²) in [5.41, 5.74) is 1.23. The van der Waals surface area contributed by atoms with Gasteiger partial charge in [-0.25, -0.2) is 0 Å². The van der Waals surface area contributed by atoms with Crippen molar-refractivity contribution in [1.29, 1.82) is 0 Å². The lowest BCUT2D eigenvalue weighted by Crippen LogP contribution is -3.00. The van der Waals surface area contributed by atoms with E-state index < -0.39 is 0 Å². The molecule has 17 heavy (non-hydrogen) atoms. The van der Waals surface area contributed by atoms with Crippen LogP contribution in [0.5, 0.6) is 0 Å². The first-order valence-corrected chi connectivity index (χ1v) is 6.11. The number of hydrogen-bond acceptors (Lipinski definition) is 3. The first kappa shape index (κ1) is 16.4.